The highest BCUT2D eigenvalue weighted by Gasteiger charge is 2.31. The van der Waals surface area contributed by atoms with E-state index in [-0.39, 0.29) is 0 Å². The van der Waals surface area contributed by atoms with Gasteiger partial charge in [0.1, 0.15) is 5.76 Å². The van der Waals surface area contributed by atoms with Crippen molar-refractivity contribution in [3.05, 3.63) is 17.5 Å². The van der Waals surface area contributed by atoms with E-state index in [1.807, 2.05) is 13.0 Å². The van der Waals surface area contributed by atoms with Crippen LogP contribution in [0.2, 0.25) is 0 Å². The molecule has 1 aliphatic carbocycles. The maximum absolute atomic E-state index is 10.5. The summed E-state index contributed by atoms with van der Waals surface area (Å²) in [5.74, 6) is 1.79. The van der Waals surface area contributed by atoms with Crippen LogP contribution in [0.4, 0.5) is 0 Å². The maximum Gasteiger partial charge on any atom is 0.194 e. The van der Waals surface area contributed by atoms with Gasteiger partial charge in [-0.1, -0.05) is 18.0 Å². The van der Waals surface area contributed by atoms with E-state index in [1.54, 1.807) is 0 Å². The van der Waals surface area contributed by atoms with E-state index in [4.69, 9.17) is 9.52 Å². The van der Waals surface area contributed by atoms with Gasteiger partial charge in [-0.25, -0.2) is 0 Å². The number of guanidine groups is 1. The molecule has 2 N–H and O–H groups in total. The molecule has 1 saturated heterocycles. The van der Waals surface area contributed by atoms with Crippen molar-refractivity contribution in [2.75, 3.05) is 39.3 Å². The number of aromatic nitrogens is 1. The molecule has 0 amide bonds. The smallest absolute Gasteiger partial charge is 0.194 e. The highest BCUT2D eigenvalue weighted by molar-refractivity contribution is 5.80. The largest absolute Gasteiger partial charge is 0.388 e. The van der Waals surface area contributed by atoms with Gasteiger partial charge in [-0.2, -0.15) is 0 Å². The van der Waals surface area contributed by atoms with Crippen molar-refractivity contribution < 1.29 is 9.63 Å². The molecule has 0 aromatic carbocycles. The Bertz CT molecular complexity index is 572. The summed E-state index contributed by atoms with van der Waals surface area (Å²) in [5, 5.41) is 18.0. The summed E-state index contributed by atoms with van der Waals surface area (Å²) in [6.07, 6.45) is 3.98. The molecule has 2 fully saturated rings. The third-order valence-electron chi connectivity index (χ3n) is 5.13. The Kier molecular flexibility index (Phi) is 5.96. The van der Waals surface area contributed by atoms with Gasteiger partial charge in [-0.15, -0.1) is 0 Å². The van der Waals surface area contributed by atoms with E-state index < -0.39 is 5.60 Å². The van der Waals surface area contributed by atoms with Crippen molar-refractivity contribution in [1.82, 2.24) is 20.3 Å². The number of aliphatic hydroxyl groups is 1. The molecular formula is C18H31N5O2. The van der Waals surface area contributed by atoms with Crippen LogP contribution in [0.1, 0.15) is 44.1 Å². The topological polar surface area (TPSA) is 77.1 Å². The number of piperazine rings is 1. The third-order valence-corrected chi connectivity index (χ3v) is 5.13. The number of hydrogen-bond donors (Lipinski definition) is 2. The Balaban J connectivity index is 1.53. The monoisotopic (exact) mass is 349 g/mol. The first-order valence-corrected chi connectivity index (χ1v) is 9.48. The highest BCUT2D eigenvalue weighted by Crippen LogP contribution is 2.29. The number of nitrogens with one attached hydrogen (secondary N) is 1. The van der Waals surface area contributed by atoms with Crippen LogP contribution in [0.25, 0.3) is 0 Å². The predicted molar refractivity (Wildman–Crippen MR) is 97.5 cm³/mol. The van der Waals surface area contributed by atoms with Gasteiger partial charge in [-0.3, -0.25) is 9.89 Å². The third kappa shape index (κ3) is 4.95. The van der Waals surface area contributed by atoms with Crippen LogP contribution in [-0.4, -0.2) is 70.9 Å². The maximum atomic E-state index is 10.5. The Hall–Kier alpha value is -1.60. The van der Waals surface area contributed by atoms with Crippen LogP contribution in [0.15, 0.2) is 15.6 Å². The van der Waals surface area contributed by atoms with Crippen molar-refractivity contribution in [3.63, 3.8) is 0 Å². The van der Waals surface area contributed by atoms with Crippen molar-refractivity contribution in [3.8, 4) is 0 Å². The van der Waals surface area contributed by atoms with Gasteiger partial charge < -0.3 is 19.8 Å². The van der Waals surface area contributed by atoms with Crippen LogP contribution >= 0.6 is 0 Å². The summed E-state index contributed by atoms with van der Waals surface area (Å²) < 4.78 is 5.15. The minimum atomic E-state index is -0.590. The van der Waals surface area contributed by atoms with Crippen LogP contribution in [0.3, 0.4) is 0 Å². The molecule has 1 aromatic rings. The fraction of sp³-hybridized carbons (Fsp3) is 0.778. The minimum Gasteiger partial charge on any atom is -0.388 e. The molecule has 3 rings (SSSR count). The first kappa shape index (κ1) is 18.2. The molecule has 2 aliphatic rings. The second-order valence-corrected chi connectivity index (χ2v) is 7.29. The fourth-order valence-electron chi connectivity index (χ4n) is 3.68. The lowest BCUT2D eigenvalue weighted by atomic mass is 10.0. The summed E-state index contributed by atoms with van der Waals surface area (Å²) in [7, 11) is 0. The number of rotatable bonds is 5. The molecule has 0 atom stereocenters. The number of hydrogen-bond acceptors (Lipinski definition) is 5. The number of aryl methyl sites for hydroxylation is 1. The zero-order valence-electron chi connectivity index (χ0n) is 15.5. The molecule has 0 bridgehead atoms. The Morgan fingerprint density at radius 1 is 1.32 bits per heavy atom. The molecule has 0 radical (unpaired) electrons. The van der Waals surface area contributed by atoms with E-state index in [0.29, 0.717) is 6.54 Å². The van der Waals surface area contributed by atoms with Gasteiger partial charge in [0.2, 0.25) is 0 Å². The Labute approximate surface area is 150 Å². The normalized spacial score (nSPS) is 21.7. The Morgan fingerprint density at radius 3 is 2.64 bits per heavy atom. The molecule has 1 aromatic heterocycles. The molecule has 140 valence electrons. The number of aliphatic imine (C=N–C) groups is 1. The zero-order chi connectivity index (χ0) is 17.7. The van der Waals surface area contributed by atoms with Gasteiger partial charge in [0, 0.05) is 45.3 Å². The summed E-state index contributed by atoms with van der Waals surface area (Å²) >= 11 is 0. The van der Waals surface area contributed by atoms with E-state index in [2.05, 4.69) is 27.2 Å². The molecule has 7 heteroatoms. The molecule has 0 unspecified atom stereocenters. The standard InChI is InChI=1S/C18H31N5O2/c1-3-19-17(20-14-18(24)6-4-5-7-18)23-10-8-22(9-11-23)13-16-12-15(2)25-21-16/h12,24H,3-11,13-14H2,1-2H3,(H,19,20). The highest BCUT2D eigenvalue weighted by atomic mass is 16.5. The minimum absolute atomic E-state index is 0.508. The van der Waals surface area contributed by atoms with Crippen molar-refractivity contribution in [2.24, 2.45) is 4.99 Å². The zero-order valence-corrected chi connectivity index (χ0v) is 15.5. The van der Waals surface area contributed by atoms with Crippen molar-refractivity contribution in [2.45, 2.75) is 51.7 Å². The molecule has 1 aliphatic heterocycles. The van der Waals surface area contributed by atoms with E-state index in [0.717, 1.165) is 82.4 Å². The van der Waals surface area contributed by atoms with Gasteiger partial charge in [0.15, 0.2) is 5.96 Å². The summed E-state index contributed by atoms with van der Waals surface area (Å²) in [6, 6.07) is 2.00. The lowest BCUT2D eigenvalue weighted by molar-refractivity contribution is 0.0569. The van der Waals surface area contributed by atoms with Gasteiger partial charge in [-0.05, 0) is 26.7 Å². The Morgan fingerprint density at radius 2 is 2.04 bits per heavy atom. The fourth-order valence-corrected chi connectivity index (χ4v) is 3.68. The van der Waals surface area contributed by atoms with Crippen LogP contribution in [0.5, 0.6) is 0 Å². The van der Waals surface area contributed by atoms with Gasteiger partial charge >= 0.3 is 0 Å². The van der Waals surface area contributed by atoms with Gasteiger partial charge in [0.05, 0.1) is 17.8 Å². The number of nitrogens with zero attached hydrogens (tertiary/aromatic N) is 4. The molecule has 1 saturated carbocycles. The molecule has 2 heterocycles. The van der Waals surface area contributed by atoms with Crippen LogP contribution in [0, 0.1) is 6.92 Å². The molecule has 0 spiro atoms. The van der Waals surface area contributed by atoms with Crippen LogP contribution < -0.4 is 5.32 Å². The summed E-state index contributed by atoms with van der Waals surface area (Å²) in [5.41, 5.74) is 0.405. The quantitative estimate of drug-likeness (QED) is 0.618. The average molecular weight is 349 g/mol. The van der Waals surface area contributed by atoms with E-state index in [1.165, 1.54) is 0 Å². The second-order valence-electron chi connectivity index (χ2n) is 7.29. The SMILES string of the molecule is CCNC(=NCC1(O)CCCC1)N1CCN(Cc2cc(C)on2)CC1. The molecular weight excluding hydrogens is 318 g/mol. The second kappa shape index (κ2) is 8.19. The first-order chi connectivity index (χ1) is 12.1. The first-order valence-electron chi connectivity index (χ1n) is 9.48. The average Bonchev–Trinajstić information content (AvgIpc) is 3.21. The lowest BCUT2D eigenvalue weighted by Crippen LogP contribution is -2.52. The molecule has 7 nitrogen and oxygen atoms in total. The van der Waals surface area contributed by atoms with Crippen LogP contribution in [-0.2, 0) is 6.54 Å². The van der Waals surface area contributed by atoms with Crippen molar-refractivity contribution in [1.29, 1.82) is 0 Å². The molecule has 25 heavy (non-hydrogen) atoms. The lowest BCUT2D eigenvalue weighted by Gasteiger charge is -2.36. The van der Waals surface area contributed by atoms with E-state index in [9.17, 15) is 5.11 Å². The summed E-state index contributed by atoms with van der Waals surface area (Å²) in [6.45, 7) is 10.0. The predicted octanol–water partition coefficient (Wildman–Crippen LogP) is 1.37. The van der Waals surface area contributed by atoms with Gasteiger partial charge in [0.25, 0.3) is 0 Å². The van der Waals surface area contributed by atoms with E-state index >= 15 is 0 Å². The summed E-state index contributed by atoms with van der Waals surface area (Å²) in [4.78, 5) is 9.43. The van der Waals surface area contributed by atoms with Crippen molar-refractivity contribution >= 4 is 5.96 Å².